The number of methoxy groups -OCH3 is 1. The van der Waals surface area contributed by atoms with Crippen LogP contribution in [0.25, 0.3) is 17.0 Å². The van der Waals surface area contributed by atoms with Crippen molar-refractivity contribution in [3.63, 3.8) is 0 Å². The van der Waals surface area contributed by atoms with Crippen LogP contribution in [0.2, 0.25) is 10.0 Å². The summed E-state index contributed by atoms with van der Waals surface area (Å²) in [7, 11) is 1.62. The second-order valence-corrected chi connectivity index (χ2v) is 10.1. The van der Waals surface area contributed by atoms with Gasteiger partial charge in [-0.05, 0) is 42.8 Å². The minimum absolute atomic E-state index is 0.0377. The summed E-state index contributed by atoms with van der Waals surface area (Å²) < 4.78 is 25.2. The van der Waals surface area contributed by atoms with Gasteiger partial charge in [0.15, 0.2) is 11.4 Å². The number of amides is 1. The molecular formula is C25H23Cl2FN4O3S. The molecule has 5 rings (SSSR count). The second kappa shape index (κ2) is 10.6. The van der Waals surface area contributed by atoms with Crippen LogP contribution < -0.4 is 10.6 Å². The third-order valence-electron chi connectivity index (χ3n) is 6.08. The lowest BCUT2D eigenvalue weighted by molar-refractivity contribution is -0.129. The molecule has 0 spiro atoms. The van der Waals surface area contributed by atoms with Gasteiger partial charge >= 0.3 is 0 Å². The maximum absolute atomic E-state index is 13.4. The molecule has 0 aliphatic carbocycles. The average Bonchev–Trinajstić information content (AvgIpc) is 3.54. The number of aromatic nitrogens is 1. The summed E-state index contributed by atoms with van der Waals surface area (Å²) in [6.07, 6.45) is 2.01. The van der Waals surface area contributed by atoms with Crippen molar-refractivity contribution in [3.8, 4) is 11.3 Å². The molecule has 1 aromatic heterocycles. The molecule has 0 bridgehead atoms. The van der Waals surface area contributed by atoms with Crippen molar-refractivity contribution in [3.05, 3.63) is 75.0 Å². The van der Waals surface area contributed by atoms with E-state index >= 15 is 0 Å². The molecule has 11 heteroatoms. The van der Waals surface area contributed by atoms with Gasteiger partial charge in [0.05, 0.1) is 30.5 Å². The molecule has 188 valence electrons. The number of anilines is 1. The molecule has 0 saturated carbocycles. The number of halogens is 3. The highest BCUT2D eigenvalue weighted by atomic mass is 35.5. The normalized spacial score (nSPS) is 18.9. The third kappa shape index (κ3) is 5.29. The van der Waals surface area contributed by atoms with E-state index in [-0.39, 0.29) is 29.8 Å². The number of hydrogen-bond donors (Lipinski definition) is 2. The topological polar surface area (TPSA) is 75.7 Å². The summed E-state index contributed by atoms with van der Waals surface area (Å²) in [6, 6.07) is 10.1. The first-order valence-electron chi connectivity index (χ1n) is 11.3. The van der Waals surface area contributed by atoms with E-state index in [0.29, 0.717) is 40.3 Å². The Kier molecular flexibility index (Phi) is 7.34. The number of ether oxygens (including phenoxy) is 2. The van der Waals surface area contributed by atoms with Gasteiger partial charge in [-0.25, -0.2) is 9.37 Å². The SMILES string of the molecule is COC1=CNC(O[C@@H]2CCN(C(=O)CNc3nc(-c4ccc(F)c(Cl)c4)cs3)C2)c2cc(Cl)ccc21. The molecule has 1 unspecified atom stereocenters. The van der Waals surface area contributed by atoms with Crippen molar-refractivity contribution in [2.24, 2.45) is 0 Å². The summed E-state index contributed by atoms with van der Waals surface area (Å²) in [5.41, 5.74) is 3.20. The lowest BCUT2D eigenvalue weighted by Crippen LogP contribution is -2.36. The average molecular weight is 549 g/mol. The van der Waals surface area contributed by atoms with Gasteiger partial charge < -0.3 is 25.0 Å². The van der Waals surface area contributed by atoms with Crippen molar-refractivity contribution >= 4 is 51.3 Å². The minimum atomic E-state index is -0.476. The predicted octanol–water partition coefficient (Wildman–Crippen LogP) is 5.53. The van der Waals surface area contributed by atoms with Crippen LogP contribution in [0.15, 0.2) is 48.0 Å². The largest absolute Gasteiger partial charge is 0.495 e. The first-order valence-corrected chi connectivity index (χ1v) is 12.9. The quantitative estimate of drug-likeness (QED) is 0.404. The number of carbonyl (C=O) groups excluding carboxylic acids is 1. The Morgan fingerprint density at radius 1 is 1.31 bits per heavy atom. The van der Waals surface area contributed by atoms with E-state index < -0.39 is 5.82 Å². The highest BCUT2D eigenvalue weighted by molar-refractivity contribution is 7.14. The van der Waals surface area contributed by atoms with Crippen molar-refractivity contribution in [1.82, 2.24) is 15.2 Å². The molecule has 2 aliphatic heterocycles. The molecule has 1 saturated heterocycles. The Morgan fingerprint density at radius 2 is 2.17 bits per heavy atom. The molecule has 2 N–H and O–H groups in total. The molecular weight excluding hydrogens is 526 g/mol. The van der Waals surface area contributed by atoms with E-state index in [2.05, 4.69) is 15.6 Å². The summed E-state index contributed by atoms with van der Waals surface area (Å²) in [4.78, 5) is 19.1. The lowest BCUT2D eigenvalue weighted by Gasteiger charge is -2.29. The van der Waals surface area contributed by atoms with Crippen LogP contribution in [-0.4, -0.2) is 48.6 Å². The van der Waals surface area contributed by atoms with Crippen LogP contribution in [0.3, 0.4) is 0 Å². The number of thiazole rings is 1. The van der Waals surface area contributed by atoms with E-state index in [0.717, 1.165) is 17.5 Å². The van der Waals surface area contributed by atoms with E-state index in [1.165, 1.54) is 23.5 Å². The van der Waals surface area contributed by atoms with Crippen molar-refractivity contribution in [2.45, 2.75) is 18.8 Å². The van der Waals surface area contributed by atoms with Crippen LogP contribution in [-0.2, 0) is 14.3 Å². The minimum Gasteiger partial charge on any atom is -0.495 e. The summed E-state index contributed by atoms with van der Waals surface area (Å²) in [5.74, 6) is 0.198. The maximum Gasteiger partial charge on any atom is 0.242 e. The number of benzene rings is 2. The van der Waals surface area contributed by atoms with Gasteiger partial charge in [-0.1, -0.05) is 23.2 Å². The summed E-state index contributed by atoms with van der Waals surface area (Å²) in [5, 5.41) is 9.40. The Bertz CT molecular complexity index is 1320. The van der Waals surface area contributed by atoms with Gasteiger partial charge in [0.25, 0.3) is 0 Å². The molecule has 1 amide bonds. The smallest absolute Gasteiger partial charge is 0.242 e. The molecule has 0 radical (unpaired) electrons. The predicted molar refractivity (Wildman–Crippen MR) is 139 cm³/mol. The summed E-state index contributed by atoms with van der Waals surface area (Å²) >= 11 is 13.5. The Hall–Kier alpha value is -2.85. The monoisotopic (exact) mass is 548 g/mol. The molecule has 2 atom stereocenters. The number of fused-ring (bicyclic) bond motifs is 1. The molecule has 1 fully saturated rings. The number of carbonyl (C=O) groups is 1. The van der Waals surface area contributed by atoms with Gasteiger partial charge in [-0.3, -0.25) is 4.79 Å². The molecule has 2 aliphatic rings. The van der Waals surface area contributed by atoms with Crippen LogP contribution >= 0.6 is 34.5 Å². The number of likely N-dealkylation sites (tertiary alicyclic amines) is 1. The van der Waals surface area contributed by atoms with E-state index in [9.17, 15) is 9.18 Å². The lowest BCUT2D eigenvalue weighted by atomic mass is 10.0. The highest BCUT2D eigenvalue weighted by Gasteiger charge is 2.31. The first-order chi connectivity index (χ1) is 17.4. The first kappa shape index (κ1) is 24.8. The number of hydrogen-bond acceptors (Lipinski definition) is 7. The summed E-state index contributed by atoms with van der Waals surface area (Å²) in [6.45, 7) is 1.22. The van der Waals surface area contributed by atoms with Gasteiger partial charge in [0.1, 0.15) is 11.6 Å². The van der Waals surface area contributed by atoms with Gasteiger partial charge in [0, 0.05) is 46.4 Å². The van der Waals surface area contributed by atoms with Crippen molar-refractivity contribution in [2.75, 3.05) is 32.1 Å². The van der Waals surface area contributed by atoms with Gasteiger partial charge in [-0.15, -0.1) is 11.3 Å². The fourth-order valence-electron chi connectivity index (χ4n) is 4.24. The maximum atomic E-state index is 13.4. The fourth-order valence-corrected chi connectivity index (χ4v) is 5.32. The zero-order chi connectivity index (χ0) is 25.2. The van der Waals surface area contributed by atoms with Crippen LogP contribution in [0, 0.1) is 5.82 Å². The Labute approximate surface area is 221 Å². The van der Waals surface area contributed by atoms with E-state index in [1.54, 1.807) is 24.3 Å². The zero-order valence-corrected chi connectivity index (χ0v) is 21.6. The third-order valence-corrected chi connectivity index (χ3v) is 7.41. The number of rotatable bonds is 7. The molecule has 3 aromatic rings. The Morgan fingerprint density at radius 3 is 2.97 bits per heavy atom. The van der Waals surface area contributed by atoms with E-state index in [4.69, 9.17) is 32.7 Å². The molecule has 2 aromatic carbocycles. The Balaban J connectivity index is 1.15. The van der Waals surface area contributed by atoms with Crippen LogP contribution in [0.5, 0.6) is 0 Å². The van der Waals surface area contributed by atoms with Crippen LogP contribution in [0.1, 0.15) is 23.8 Å². The molecule has 36 heavy (non-hydrogen) atoms. The highest BCUT2D eigenvalue weighted by Crippen LogP contribution is 2.34. The van der Waals surface area contributed by atoms with Crippen molar-refractivity contribution in [1.29, 1.82) is 0 Å². The molecule has 3 heterocycles. The van der Waals surface area contributed by atoms with E-state index in [1.807, 2.05) is 23.6 Å². The molecule has 7 nitrogen and oxygen atoms in total. The standard InChI is InChI=1S/C25H23Cl2FN4O3S/c1-34-22-10-29-24(18-9-15(26)3-4-17(18)22)35-16-6-7-32(12-16)23(33)11-30-25-31-21(13-36-25)14-2-5-20(28)19(27)8-14/h2-5,8-10,13,16,24,29H,6-7,11-12H2,1H3,(H,30,31)/t16-,24?/m1/s1. The number of nitrogens with zero attached hydrogens (tertiary/aromatic N) is 2. The van der Waals surface area contributed by atoms with Crippen molar-refractivity contribution < 1.29 is 18.7 Å². The fraction of sp³-hybridized carbons (Fsp3) is 0.280. The van der Waals surface area contributed by atoms with Gasteiger partial charge in [0.2, 0.25) is 5.91 Å². The zero-order valence-electron chi connectivity index (χ0n) is 19.3. The van der Waals surface area contributed by atoms with Gasteiger partial charge in [-0.2, -0.15) is 0 Å². The van der Waals surface area contributed by atoms with Crippen LogP contribution in [0.4, 0.5) is 9.52 Å². The number of nitrogens with one attached hydrogen (secondary N) is 2. The second-order valence-electron chi connectivity index (χ2n) is 8.40.